The second-order valence-electron chi connectivity index (χ2n) is 3.86. The van der Waals surface area contributed by atoms with E-state index in [-0.39, 0.29) is 0 Å². The van der Waals surface area contributed by atoms with Crippen LogP contribution in [0.2, 0.25) is 0 Å². The molecule has 0 N–H and O–H groups in total. The quantitative estimate of drug-likeness (QED) is 0.563. The molecule has 11 heavy (non-hydrogen) atoms. The lowest BCUT2D eigenvalue weighted by atomic mass is 9.87. The molecule has 2 aliphatic rings. The van der Waals surface area contributed by atoms with E-state index in [0.29, 0.717) is 0 Å². The van der Waals surface area contributed by atoms with Gasteiger partial charge < -0.3 is 4.74 Å². The molecule has 1 saturated carbocycles. The van der Waals surface area contributed by atoms with Crippen molar-refractivity contribution in [2.75, 3.05) is 6.61 Å². The first-order valence-corrected chi connectivity index (χ1v) is 4.92. The summed E-state index contributed by atoms with van der Waals surface area (Å²) in [6.45, 7) is 3.07. The standard InChI is InChI=1S/C10H17O/c1-2-5-9(4-1)10-6-3-7-11-8-10/h8-10H,1-7H2. The van der Waals surface area contributed by atoms with E-state index in [1.54, 1.807) is 0 Å². The monoisotopic (exact) mass is 153 g/mol. The minimum Gasteiger partial charge on any atom is -0.375 e. The van der Waals surface area contributed by atoms with Gasteiger partial charge in [0.1, 0.15) is 0 Å². The van der Waals surface area contributed by atoms with Crippen molar-refractivity contribution < 1.29 is 4.74 Å². The third-order valence-corrected chi connectivity index (χ3v) is 3.08. The smallest absolute Gasteiger partial charge is 0.0870 e. The molecule has 0 aromatic carbocycles. The molecule has 1 radical (unpaired) electrons. The molecule has 63 valence electrons. The van der Waals surface area contributed by atoms with Gasteiger partial charge in [-0.25, -0.2) is 0 Å². The fourth-order valence-corrected chi connectivity index (χ4v) is 2.39. The van der Waals surface area contributed by atoms with Crippen molar-refractivity contribution in [3.8, 4) is 0 Å². The van der Waals surface area contributed by atoms with Gasteiger partial charge in [0.05, 0.1) is 6.61 Å². The summed E-state index contributed by atoms with van der Waals surface area (Å²) in [5.74, 6) is 1.77. The Morgan fingerprint density at radius 3 is 2.45 bits per heavy atom. The molecule has 1 saturated heterocycles. The average Bonchev–Trinajstić information content (AvgIpc) is 2.58. The number of rotatable bonds is 1. The van der Waals surface area contributed by atoms with Crippen molar-refractivity contribution in [3.63, 3.8) is 0 Å². The SMILES string of the molecule is [CH]1OCCCC1C1CCCC1. The first-order chi connectivity index (χ1) is 5.47. The molecule has 1 heteroatoms. The molecule has 0 spiro atoms. The van der Waals surface area contributed by atoms with E-state index in [1.807, 2.05) is 0 Å². The zero-order valence-corrected chi connectivity index (χ0v) is 7.09. The highest BCUT2D eigenvalue weighted by Gasteiger charge is 2.26. The van der Waals surface area contributed by atoms with Gasteiger partial charge in [-0.1, -0.05) is 25.7 Å². The summed E-state index contributed by atoms with van der Waals surface area (Å²) < 4.78 is 5.37. The molecule has 1 unspecified atom stereocenters. The van der Waals surface area contributed by atoms with Gasteiger partial charge in [0.2, 0.25) is 0 Å². The Morgan fingerprint density at radius 1 is 1.00 bits per heavy atom. The Kier molecular flexibility index (Phi) is 2.47. The van der Waals surface area contributed by atoms with E-state index >= 15 is 0 Å². The normalized spacial score (nSPS) is 34.4. The van der Waals surface area contributed by atoms with Crippen molar-refractivity contribution in [2.45, 2.75) is 38.5 Å². The Hall–Kier alpha value is -0.0400. The van der Waals surface area contributed by atoms with Crippen LogP contribution < -0.4 is 0 Å². The summed E-state index contributed by atoms with van der Waals surface area (Å²) in [6.07, 6.45) is 8.46. The molecule has 2 fully saturated rings. The third-order valence-electron chi connectivity index (χ3n) is 3.08. The van der Waals surface area contributed by atoms with Crippen molar-refractivity contribution >= 4 is 0 Å². The van der Waals surface area contributed by atoms with Crippen LogP contribution in [0.3, 0.4) is 0 Å². The Morgan fingerprint density at radius 2 is 1.82 bits per heavy atom. The van der Waals surface area contributed by atoms with Crippen LogP contribution in [0, 0.1) is 18.4 Å². The first kappa shape index (κ1) is 7.60. The van der Waals surface area contributed by atoms with E-state index in [2.05, 4.69) is 6.61 Å². The van der Waals surface area contributed by atoms with E-state index in [4.69, 9.17) is 4.74 Å². The second-order valence-corrected chi connectivity index (χ2v) is 3.86. The predicted molar refractivity (Wildman–Crippen MR) is 44.9 cm³/mol. The molecule has 0 amide bonds. The average molecular weight is 153 g/mol. The third kappa shape index (κ3) is 1.76. The summed E-state index contributed by atoms with van der Waals surface area (Å²) >= 11 is 0. The van der Waals surface area contributed by atoms with Crippen LogP contribution in [0.5, 0.6) is 0 Å². The van der Waals surface area contributed by atoms with E-state index in [1.165, 1.54) is 38.5 Å². The number of ether oxygens (including phenoxy) is 1. The first-order valence-electron chi connectivity index (χ1n) is 4.92. The Labute approximate surface area is 69.1 Å². The maximum absolute atomic E-state index is 5.37. The minimum absolute atomic E-state index is 0.797. The highest BCUT2D eigenvalue weighted by Crippen LogP contribution is 2.36. The molecule has 0 aromatic heterocycles. The second kappa shape index (κ2) is 3.57. The minimum atomic E-state index is 0.797. The van der Waals surface area contributed by atoms with Gasteiger partial charge >= 0.3 is 0 Å². The molecular weight excluding hydrogens is 136 g/mol. The van der Waals surface area contributed by atoms with Crippen LogP contribution >= 0.6 is 0 Å². The summed E-state index contributed by atoms with van der Waals surface area (Å²) in [4.78, 5) is 0. The van der Waals surface area contributed by atoms with Crippen molar-refractivity contribution in [1.29, 1.82) is 0 Å². The zero-order valence-electron chi connectivity index (χ0n) is 7.09. The largest absolute Gasteiger partial charge is 0.375 e. The van der Waals surface area contributed by atoms with E-state index in [0.717, 1.165) is 18.4 Å². The van der Waals surface area contributed by atoms with Gasteiger partial charge in [0, 0.05) is 6.61 Å². The van der Waals surface area contributed by atoms with Gasteiger partial charge in [-0.05, 0) is 24.7 Å². The van der Waals surface area contributed by atoms with Gasteiger partial charge in [-0.2, -0.15) is 0 Å². The van der Waals surface area contributed by atoms with Gasteiger partial charge in [-0.3, -0.25) is 0 Å². The molecule has 0 bridgehead atoms. The van der Waals surface area contributed by atoms with Crippen molar-refractivity contribution in [1.82, 2.24) is 0 Å². The highest BCUT2D eigenvalue weighted by atomic mass is 16.5. The molecule has 1 atom stereocenters. The van der Waals surface area contributed by atoms with Crippen LogP contribution in [0.25, 0.3) is 0 Å². The fourth-order valence-electron chi connectivity index (χ4n) is 2.39. The van der Waals surface area contributed by atoms with Crippen LogP contribution in [-0.2, 0) is 4.74 Å². The molecular formula is C10H17O. The van der Waals surface area contributed by atoms with Gasteiger partial charge in [0.25, 0.3) is 0 Å². The van der Waals surface area contributed by atoms with Crippen LogP contribution in [0.1, 0.15) is 38.5 Å². The van der Waals surface area contributed by atoms with Crippen LogP contribution in [0.4, 0.5) is 0 Å². The molecule has 1 aliphatic heterocycles. The summed E-state index contributed by atoms with van der Waals surface area (Å²) in [7, 11) is 0. The molecule has 1 aliphatic carbocycles. The van der Waals surface area contributed by atoms with Crippen LogP contribution in [0.15, 0.2) is 0 Å². The fraction of sp³-hybridized carbons (Fsp3) is 0.900. The van der Waals surface area contributed by atoms with Crippen molar-refractivity contribution in [3.05, 3.63) is 6.61 Å². The molecule has 1 heterocycles. The molecule has 2 rings (SSSR count). The Bertz CT molecular complexity index is 110. The molecule has 1 nitrogen and oxygen atoms in total. The lowest BCUT2D eigenvalue weighted by Gasteiger charge is -2.26. The van der Waals surface area contributed by atoms with Crippen LogP contribution in [-0.4, -0.2) is 6.61 Å². The molecule has 0 aromatic rings. The van der Waals surface area contributed by atoms with E-state index in [9.17, 15) is 0 Å². The van der Waals surface area contributed by atoms with E-state index < -0.39 is 0 Å². The zero-order chi connectivity index (χ0) is 7.52. The Balaban J connectivity index is 1.82. The summed E-state index contributed by atoms with van der Waals surface area (Å²) in [6, 6.07) is 0. The lowest BCUT2D eigenvalue weighted by Crippen LogP contribution is -2.19. The number of hydrogen-bond acceptors (Lipinski definition) is 1. The lowest BCUT2D eigenvalue weighted by molar-refractivity contribution is 0.0909. The predicted octanol–water partition coefficient (Wildman–Crippen LogP) is 2.76. The summed E-state index contributed by atoms with van der Waals surface area (Å²) in [5, 5.41) is 0. The van der Waals surface area contributed by atoms with Gasteiger partial charge in [0.15, 0.2) is 0 Å². The topological polar surface area (TPSA) is 9.23 Å². The number of hydrogen-bond donors (Lipinski definition) is 0. The van der Waals surface area contributed by atoms with Gasteiger partial charge in [-0.15, -0.1) is 0 Å². The van der Waals surface area contributed by atoms with Crippen molar-refractivity contribution in [2.24, 2.45) is 11.8 Å². The highest BCUT2D eigenvalue weighted by molar-refractivity contribution is 4.82. The maximum atomic E-state index is 5.37. The summed E-state index contributed by atoms with van der Waals surface area (Å²) in [5.41, 5.74) is 0. The maximum Gasteiger partial charge on any atom is 0.0870 e.